The lowest BCUT2D eigenvalue weighted by Crippen LogP contribution is -2.59. The lowest BCUT2D eigenvalue weighted by molar-refractivity contribution is -0.138. The minimum Gasteiger partial charge on any atom is -0.359 e. The third kappa shape index (κ3) is 3.43. The second kappa shape index (κ2) is 8.10. The maximum Gasteiger partial charge on any atom is 0.246 e. The number of hydrogen-bond donors (Lipinski definition) is 1. The van der Waals surface area contributed by atoms with Crippen molar-refractivity contribution in [2.75, 3.05) is 12.4 Å². The molecule has 0 spiro atoms. The molecule has 0 radical (unpaired) electrons. The highest BCUT2D eigenvalue weighted by Gasteiger charge is 2.60. The predicted octanol–water partition coefficient (Wildman–Crippen LogP) is 6.61. The molecular weight excluding hydrogens is 426 g/mol. The van der Waals surface area contributed by atoms with E-state index in [1.54, 1.807) is 0 Å². The number of anilines is 1. The van der Waals surface area contributed by atoms with Crippen LogP contribution in [0.25, 0.3) is 0 Å². The third-order valence-electron chi connectivity index (χ3n) is 10.9. The van der Waals surface area contributed by atoms with Crippen LogP contribution in [0.1, 0.15) is 96.1 Å². The van der Waals surface area contributed by atoms with Crippen LogP contribution in [-0.4, -0.2) is 34.9 Å². The van der Waals surface area contributed by atoms with Gasteiger partial charge in [-0.3, -0.25) is 4.79 Å². The summed E-state index contributed by atoms with van der Waals surface area (Å²) in [6.07, 6.45) is 18.6. The topological polar surface area (TPSA) is 45.2 Å². The number of likely N-dealkylation sites (N-methyl/N-ethyl adjacent to an activating group) is 1. The molecule has 0 saturated heterocycles. The first-order valence-corrected chi connectivity index (χ1v) is 14.5. The molecule has 6 rings (SSSR count). The van der Waals surface area contributed by atoms with Gasteiger partial charge in [0, 0.05) is 35.8 Å². The molecule has 1 aliphatic heterocycles. The smallest absolute Gasteiger partial charge is 0.246 e. The second-order valence-electron chi connectivity index (χ2n) is 12.3. The van der Waals surface area contributed by atoms with E-state index in [0.717, 1.165) is 23.4 Å². The summed E-state index contributed by atoms with van der Waals surface area (Å²) in [6.45, 7) is 5.05. The summed E-state index contributed by atoms with van der Waals surface area (Å²) in [4.78, 5) is 19.6. The number of nitrogens with zero attached hydrogens (tertiary/aromatic N) is 2. The van der Waals surface area contributed by atoms with E-state index in [-0.39, 0.29) is 11.3 Å². The highest BCUT2D eigenvalue weighted by atomic mass is 32.1. The van der Waals surface area contributed by atoms with Crippen LogP contribution in [0.3, 0.4) is 0 Å². The number of carbonyl (C=O) groups excluding carboxylic acids is 1. The van der Waals surface area contributed by atoms with Crippen LogP contribution in [0.2, 0.25) is 0 Å². The van der Waals surface area contributed by atoms with Crippen LogP contribution in [0.4, 0.5) is 5.13 Å². The zero-order valence-corrected chi connectivity index (χ0v) is 21.5. The Hall–Kier alpha value is -1.36. The van der Waals surface area contributed by atoms with Gasteiger partial charge in [-0.05, 0) is 80.6 Å². The van der Waals surface area contributed by atoms with Crippen LogP contribution in [0, 0.1) is 28.6 Å². The molecule has 0 aromatic carbocycles. The van der Waals surface area contributed by atoms with Gasteiger partial charge in [0.05, 0.1) is 5.69 Å². The molecule has 1 N–H and O–H groups in total. The van der Waals surface area contributed by atoms with Crippen molar-refractivity contribution in [3.05, 3.63) is 23.2 Å². The van der Waals surface area contributed by atoms with Gasteiger partial charge in [0.2, 0.25) is 5.91 Å². The van der Waals surface area contributed by atoms with Gasteiger partial charge in [-0.25, -0.2) is 4.98 Å². The molecule has 5 aliphatic rings. The Kier molecular flexibility index (Phi) is 5.43. The summed E-state index contributed by atoms with van der Waals surface area (Å²) in [5.74, 6) is 3.10. The zero-order chi connectivity index (χ0) is 22.8. The number of nitrogens with one attached hydrogen (secondary N) is 1. The number of amides is 1. The summed E-state index contributed by atoms with van der Waals surface area (Å²) in [5.41, 5.74) is 1.88. The first-order chi connectivity index (χ1) is 15.9. The van der Waals surface area contributed by atoms with Gasteiger partial charge in [0.1, 0.15) is 0 Å². The van der Waals surface area contributed by atoms with E-state index < -0.39 is 0 Å². The SMILES string of the molecule is CN1C(=O)C=C[C@]2(C)[C@H]3CC[C@]4(C)[C@@H](c5csc(NC6CCCCC6)n5)CC[C@H]4[C@@H]3CC[C@@H]12. The molecule has 0 unspecified atom stereocenters. The maximum atomic E-state index is 12.3. The Morgan fingerprint density at radius 2 is 1.85 bits per heavy atom. The minimum absolute atomic E-state index is 0.142. The highest BCUT2D eigenvalue weighted by Crippen LogP contribution is 2.67. The number of fused-ring (bicyclic) bond motifs is 5. The fourth-order valence-corrected chi connectivity index (χ4v) is 10.0. The van der Waals surface area contributed by atoms with Crippen molar-refractivity contribution in [1.82, 2.24) is 9.88 Å². The standard InChI is InChI=1S/C28H41N3OS/c1-27-15-13-21-19(9-12-24-28(21,2)16-14-25(32)31(24)3)20(27)10-11-22(27)23-17-33-26(30-23)29-18-7-5-4-6-8-18/h14,16-22,24H,4-13,15H2,1-3H3,(H,29,30)/t19-,20-,21-,22+,24+,27-,28+/m0/s1. The molecule has 1 aromatic heterocycles. The van der Waals surface area contributed by atoms with Crippen molar-refractivity contribution in [3.8, 4) is 0 Å². The van der Waals surface area contributed by atoms with Crippen LogP contribution in [0.15, 0.2) is 17.5 Å². The lowest BCUT2D eigenvalue weighted by Gasteiger charge is -2.60. The van der Waals surface area contributed by atoms with Crippen LogP contribution >= 0.6 is 11.3 Å². The molecule has 5 heteroatoms. The minimum atomic E-state index is 0.142. The Labute approximate surface area is 203 Å². The fraction of sp³-hybridized carbons (Fsp3) is 0.786. The monoisotopic (exact) mass is 467 g/mol. The summed E-state index contributed by atoms with van der Waals surface area (Å²) in [7, 11) is 2.02. The van der Waals surface area contributed by atoms with Crippen molar-refractivity contribution in [2.24, 2.45) is 28.6 Å². The van der Waals surface area contributed by atoms with E-state index in [9.17, 15) is 4.79 Å². The van der Waals surface area contributed by atoms with Crippen molar-refractivity contribution in [1.29, 1.82) is 0 Å². The van der Waals surface area contributed by atoms with Crippen LogP contribution < -0.4 is 5.32 Å². The van der Waals surface area contributed by atoms with Crippen molar-refractivity contribution in [3.63, 3.8) is 0 Å². The second-order valence-corrected chi connectivity index (χ2v) is 13.2. The number of hydrogen-bond acceptors (Lipinski definition) is 4. The van der Waals surface area contributed by atoms with Gasteiger partial charge in [-0.15, -0.1) is 11.3 Å². The van der Waals surface area contributed by atoms with Crippen molar-refractivity contribution in [2.45, 2.75) is 102 Å². The Bertz CT molecular complexity index is 935. The van der Waals surface area contributed by atoms with E-state index in [1.807, 2.05) is 29.4 Å². The van der Waals surface area contributed by atoms with Crippen molar-refractivity contribution < 1.29 is 4.79 Å². The summed E-state index contributed by atoms with van der Waals surface area (Å²) in [5, 5.41) is 7.30. The molecule has 0 bridgehead atoms. The van der Waals surface area contributed by atoms with Gasteiger partial charge < -0.3 is 10.2 Å². The number of rotatable bonds is 3. The Morgan fingerprint density at radius 1 is 1.03 bits per heavy atom. The number of carbonyl (C=O) groups is 1. The molecule has 4 nitrogen and oxygen atoms in total. The van der Waals surface area contributed by atoms with E-state index in [4.69, 9.17) is 4.98 Å². The average Bonchev–Trinajstić information content (AvgIpc) is 3.41. The molecule has 1 amide bonds. The first kappa shape index (κ1) is 22.1. The Balaban J connectivity index is 1.21. The fourth-order valence-electron chi connectivity index (χ4n) is 9.16. The summed E-state index contributed by atoms with van der Waals surface area (Å²) in [6, 6.07) is 1.01. The largest absolute Gasteiger partial charge is 0.359 e. The predicted molar refractivity (Wildman–Crippen MR) is 135 cm³/mol. The van der Waals surface area contributed by atoms with Crippen LogP contribution in [-0.2, 0) is 4.79 Å². The molecule has 4 saturated carbocycles. The number of aromatic nitrogens is 1. The van der Waals surface area contributed by atoms with E-state index in [0.29, 0.717) is 29.3 Å². The summed E-state index contributed by atoms with van der Waals surface area (Å²) < 4.78 is 0. The normalized spacial score (nSPS) is 43.2. The molecule has 2 heterocycles. The first-order valence-electron chi connectivity index (χ1n) is 13.6. The molecule has 7 atom stereocenters. The Morgan fingerprint density at radius 3 is 2.67 bits per heavy atom. The molecular formula is C28H41N3OS. The highest BCUT2D eigenvalue weighted by molar-refractivity contribution is 7.13. The molecule has 4 aliphatic carbocycles. The van der Waals surface area contributed by atoms with Gasteiger partial charge >= 0.3 is 0 Å². The van der Waals surface area contributed by atoms with E-state index >= 15 is 0 Å². The number of thiazole rings is 1. The molecule has 33 heavy (non-hydrogen) atoms. The van der Waals surface area contributed by atoms with Gasteiger partial charge in [0.15, 0.2) is 5.13 Å². The van der Waals surface area contributed by atoms with Gasteiger partial charge in [-0.1, -0.05) is 39.2 Å². The summed E-state index contributed by atoms with van der Waals surface area (Å²) >= 11 is 1.84. The molecule has 4 fully saturated rings. The lowest BCUT2D eigenvalue weighted by atomic mass is 9.47. The maximum absolute atomic E-state index is 12.3. The van der Waals surface area contributed by atoms with E-state index in [2.05, 4.69) is 30.6 Å². The van der Waals surface area contributed by atoms with Crippen molar-refractivity contribution >= 4 is 22.4 Å². The van der Waals surface area contributed by atoms with Gasteiger partial charge in [-0.2, -0.15) is 0 Å². The quantitative estimate of drug-likeness (QED) is 0.544. The van der Waals surface area contributed by atoms with Gasteiger partial charge in [0.25, 0.3) is 0 Å². The van der Waals surface area contributed by atoms with Crippen LogP contribution in [0.5, 0.6) is 0 Å². The van der Waals surface area contributed by atoms with E-state index in [1.165, 1.54) is 69.9 Å². The zero-order valence-electron chi connectivity index (χ0n) is 20.7. The molecule has 180 valence electrons. The third-order valence-corrected chi connectivity index (χ3v) is 11.7. The molecule has 1 aromatic rings. The average molecular weight is 468 g/mol.